The Hall–Kier alpha value is -3.31. The Kier molecular flexibility index (Phi) is 9.54. The highest BCUT2D eigenvalue weighted by Crippen LogP contribution is 2.49. The molecule has 10 nitrogen and oxygen atoms in total. The highest BCUT2D eigenvalue weighted by molar-refractivity contribution is 8.01. The summed E-state index contributed by atoms with van der Waals surface area (Å²) in [5.41, 5.74) is 1.36. The van der Waals surface area contributed by atoms with Crippen molar-refractivity contribution < 1.29 is 33.4 Å². The molecule has 0 bridgehead atoms. The Balaban J connectivity index is 1.83. The SMILES string of the molecule is COC(=O)CCC(=O)CNC(=O)C[C@@H]1S[C@@H](c2cccc(OC)c2OC)c2cc(Cl)cnc2NC1=O. The summed E-state index contributed by atoms with van der Waals surface area (Å²) in [6.07, 6.45) is 1.12. The molecule has 3 rings (SSSR count). The highest BCUT2D eigenvalue weighted by Gasteiger charge is 2.35. The minimum absolute atomic E-state index is 0.0505. The third-order valence-electron chi connectivity index (χ3n) is 5.41. The minimum atomic E-state index is -0.816. The van der Waals surface area contributed by atoms with E-state index in [1.165, 1.54) is 39.3 Å². The van der Waals surface area contributed by atoms with Crippen LogP contribution >= 0.6 is 23.4 Å². The summed E-state index contributed by atoms with van der Waals surface area (Å²) in [5.74, 6) is -0.402. The second kappa shape index (κ2) is 12.6. The average Bonchev–Trinajstić information content (AvgIpc) is 3.01. The van der Waals surface area contributed by atoms with Crippen molar-refractivity contribution in [1.29, 1.82) is 0 Å². The van der Waals surface area contributed by atoms with Gasteiger partial charge in [-0.25, -0.2) is 4.98 Å². The number of carbonyl (C=O) groups excluding carboxylic acids is 4. The summed E-state index contributed by atoms with van der Waals surface area (Å²) in [7, 11) is 4.28. The number of fused-ring (bicyclic) bond motifs is 1. The molecule has 2 aromatic rings. The van der Waals surface area contributed by atoms with Gasteiger partial charge in [0.1, 0.15) is 5.82 Å². The molecule has 0 saturated carbocycles. The number of thioether (sulfide) groups is 1. The van der Waals surface area contributed by atoms with Gasteiger partial charge in [-0.05, 0) is 12.1 Å². The van der Waals surface area contributed by atoms with Crippen LogP contribution in [0.1, 0.15) is 35.6 Å². The van der Waals surface area contributed by atoms with Crippen molar-refractivity contribution in [2.24, 2.45) is 0 Å². The summed E-state index contributed by atoms with van der Waals surface area (Å²) in [6.45, 7) is -0.251. The molecule has 0 saturated heterocycles. The zero-order chi connectivity index (χ0) is 26.2. The molecule has 0 unspecified atom stereocenters. The molecule has 1 aliphatic heterocycles. The fourth-order valence-corrected chi connectivity index (χ4v) is 5.21. The van der Waals surface area contributed by atoms with E-state index in [1.807, 2.05) is 6.07 Å². The van der Waals surface area contributed by atoms with Crippen LogP contribution in [0.5, 0.6) is 11.5 Å². The van der Waals surface area contributed by atoms with Crippen molar-refractivity contribution in [1.82, 2.24) is 10.3 Å². The van der Waals surface area contributed by atoms with Crippen LogP contribution in [-0.4, -0.2) is 61.7 Å². The van der Waals surface area contributed by atoms with Gasteiger partial charge >= 0.3 is 5.97 Å². The molecule has 2 amide bonds. The van der Waals surface area contributed by atoms with Crippen LogP contribution in [0.3, 0.4) is 0 Å². The number of nitrogens with zero attached hydrogens (tertiary/aromatic N) is 1. The smallest absolute Gasteiger partial charge is 0.305 e. The van der Waals surface area contributed by atoms with Gasteiger partial charge < -0.3 is 24.8 Å². The first-order valence-electron chi connectivity index (χ1n) is 10.9. The fourth-order valence-electron chi connectivity index (χ4n) is 3.63. The molecule has 0 radical (unpaired) electrons. The third kappa shape index (κ3) is 6.67. The highest BCUT2D eigenvalue weighted by atomic mass is 35.5. The van der Waals surface area contributed by atoms with E-state index in [1.54, 1.807) is 18.2 Å². The lowest BCUT2D eigenvalue weighted by Crippen LogP contribution is -2.35. The predicted octanol–water partition coefficient (Wildman–Crippen LogP) is 2.92. The predicted molar refractivity (Wildman–Crippen MR) is 135 cm³/mol. The second-order valence-electron chi connectivity index (χ2n) is 7.76. The van der Waals surface area contributed by atoms with Crippen LogP contribution in [0.4, 0.5) is 5.82 Å². The molecule has 2 atom stereocenters. The van der Waals surface area contributed by atoms with Gasteiger partial charge in [-0.15, -0.1) is 11.8 Å². The maximum absolute atomic E-state index is 13.0. The van der Waals surface area contributed by atoms with Crippen molar-refractivity contribution >= 4 is 52.7 Å². The molecule has 1 aromatic carbocycles. The van der Waals surface area contributed by atoms with Crippen molar-refractivity contribution in [3.63, 3.8) is 0 Å². The van der Waals surface area contributed by atoms with Gasteiger partial charge in [-0.1, -0.05) is 23.7 Å². The van der Waals surface area contributed by atoms with Gasteiger partial charge in [0, 0.05) is 30.2 Å². The fraction of sp³-hybridized carbons (Fsp3) is 0.375. The lowest BCUT2D eigenvalue weighted by atomic mass is 10.0. The van der Waals surface area contributed by atoms with E-state index in [9.17, 15) is 19.2 Å². The Morgan fingerprint density at radius 3 is 2.61 bits per heavy atom. The van der Waals surface area contributed by atoms with Crippen LogP contribution in [0, 0.1) is 0 Å². The number of esters is 1. The van der Waals surface area contributed by atoms with Crippen molar-refractivity contribution in [2.45, 2.75) is 29.8 Å². The van der Waals surface area contributed by atoms with Gasteiger partial charge in [0.05, 0.1) is 49.8 Å². The molecule has 192 valence electrons. The van der Waals surface area contributed by atoms with E-state index in [4.69, 9.17) is 21.1 Å². The summed E-state index contributed by atoms with van der Waals surface area (Å²) in [5, 5.41) is 4.39. The third-order valence-corrected chi connectivity index (χ3v) is 7.10. The van der Waals surface area contributed by atoms with Gasteiger partial charge in [0.2, 0.25) is 11.8 Å². The van der Waals surface area contributed by atoms with E-state index in [0.29, 0.717) is 33.5 Å². The topological polar surface area (TPSA) is 133 Å². The van der Waals surface area contributed by atoms with Crippen LogP contribution in [0.15, 0.2) is 30.5 Å². The first-order chi connectivity index (χ1) is 17.3. The number of ketones is 1. The Morgan fingerprint density at radius 2 is 1.92 bits per heavy atom. The number of anilines is 1. The molecule has 0 spiro atoms. The molecule has 36 heavy (non-hydrogen) atoms. The molecule has 2 heterocycles. The van der Waals surface area contributed by atoms with Crippen LogP contribution in [0.2, 0.25) is 5.02 Å². The monoisotopic (exact) mass is 535 g/mol. The molecule has 2 N–H and O–H groups in total. The average molecular weight is 536 g/mol. The number of Topliss-reactive ketones (excluding diaryl/α,β-unsaturated/α-hetero) is 1. The van der Waals surface area contributed by atoms with E-state index >= 15 is 0 Å². The van der Waals surface area contributed by atoms with Crippen LogP contribution in [0.25, 0.3) is 0 Å². The molecular weight excluding hydrogens is 510 g/mol. The van der Waals surface area contributed by atoms with Crippen LogP contribution < -0.4 is 20.1 Å². The second-order valence-corrected chi connectivity index (χ2v) is 9.51. The number of nitrogens with one attached hydrogen (secondary N) is 2. The van der Waals surface area contributed by atoms with Crippen molar-refractivity contribution in [2.75, 3.05) is 33.2 Å². The first-order valence-corrected chi connectivity index (χ1v) is 12.3. The van der Waals surface area contributed by atoms with E-state index in [2.05, 4.69) is 20.4 Å². The standard InChI is InChI=1S/C24H26ClN3O7S/c1-33-17-6-4-5-15(21(17)35-3)22-16-9-13(25)11-27-23(16)28-24(32)18(36-22)10-19(30)26-12-14(29)7-8-20(31)34-2/h4-6,9,11,18,22H,7-8,10,12H2,1-3H3,(H,26,30)(H,27,28,32)/t18-,22-/m0/s1. The van der Waals surface area contributed by atoms with E-state index in [-0.39, 0.29) is 31.6 Å². The number of methoxy groups -OCH3 is 3. The Bertz CT molecular complexity index is 1160. The van der Waals surface area contributed by atoms with Crippen molar-refractivity contribution in [3.05, 3.63) is 46.6 Å². The summed E-state index contributed by atoms with van der Waals surface area (Å²) < 4.78 is 15.6. The number of ether oxygens (including phenoxy) is 3. The number of aromatic nitrogens is 1. The largest absolute Gasteiger partial charge is 0.493 e. The van der Waals surface area contributed by atoms with Gasteiger partial charge in [0.15, 0.2) is 17.3 Å². The van der Waals surface area contributed by atoms with E-state index in [0.717, 1.165) is 0 Å². The number of amides is 2. The minimum Gasteiger partial charge on any atom is -0.493 e. The first kappa shape index (κ1) is 27.3. The maximum atomic E-state index is 13.0. The quantitative estimate of drug-likeness (QED) is 0.440. The number of benzene rings is 1. The number of pyridine rings is 1. The van der Waals surface area contributed by atoms with Gasteiger partial charge in [0.25, 0.3) is 0 Å². The summed E-state index contributed by atoms with van der Waals surface area (Å²) in [6, 6.07) is 7.11. The number of para-hydroxylation sites is 1. The normalized spacial score (nSPS) is 16.7. The van der Waals surface area contributed by atoms with Gasteiger partial charge in [-0.2, -0.15) is 0 Å². The van der Waals surface area contributed by atoms with Crippen LogP contribution in [-0.2, 0) is 23.9 Å². The number of hydrogen-bond acceptors (Lipinski definition) is 9. The maximum Gasteiger partial charge on any atom is 0.305 e. The van der Waals surface area contributed by atoms with Crippen molar-refractivity contribution in [3.8, 4) is 11.5 Å². The molecule has 12 heteroatoms. The van der Waals surface area contributed by atoms with Gasteiger partial charge in [-0.3, -0.25) is 19.2 Å². The molecule has 1 aliphatic rings. The van der Waals surface area contributed by atoms with E-state index < -0.39 is 28.3 Å². The lowest BCUT2D eigenvalue weighted by Gasteiger charge is -2.22. The zero-order valence-corrected chi connectivity index (χ0v) is 21.5. The number of rotatable bonds is 10. The lowest BCUT2D eigenvalue weighted by molar-refractivity contribution is -0.141. The number of halogens is 1. The molecular formula is C24H26ClN3O7S. The Morgan fingerprint density at radius 1 is 1.14 bits per heavy atom. The molecule has 1 aromatic heterocycles. The number of carbonyl (C=O) groups is 4. The summed E-state index contributed by atoms with van der Waals surface area (Å²) in [4.78, 5) is 53.1. The number of hydrogen-bond donors (Lipinski definition) is 2. The molecule has 0 aliphatic carbocycles. The summed E-state index contributed by atoms with van der Waals surface area (Å²) >= 11 is 7.47. The zero-order valence-electron chi connectivity index (χ0n) is 20.0. The molecule has 0 fully saturated rings. The Labute approximate surface area is 217 Å².